The lowest BCUT2D eigenvalue weighted by Gasteiger charge is -2.17. The van der Waals surface area contributed by atoms with Gasteiger partial charge in [0.1, 0.15) is 0 Å². The Bertz CT molecular complexity index is 670. The molecule has 3 fully saturated rings. The number of carbonyl (C=O) groups is 3. The van der Waals surface area contributed by atoms with Crippen LogP contribution < -0.4 is 5.43 Å². The molecule has 0 aromatic carbocycles. The summed E-state index contributed by atoms with van der Waals surface area (Å²) in [6.07, 6.45) is 1.29. The molecule has 1 aromatic rings. The maximum absolute atomic E-state index is 12.5. The molecule has 3 aliphatic heterocycles. The molecule has 23 heavy (non-hydrogen) atoms. The molecule has 7 heteroatoms. The van der Waals surface area contributed by atoms with E-state index in [2.05, 4.69) is 19.3 Å². The van der Waals surface area contributed by atoms with Gasteiger partial charge in [0.2, 0.25) is 0 Å². The Morgan fingerprint density at radius 3 is 2.39 bits per heavy atom. The minimum atomic E-state index is -0.421. The van der Waals surface area contributed by atoms with Crippen LogP contribution in [-0.4, -0.2) is 34.9 Å². The van der Waals surface area contributed by atoms with Crippen molar-refractivity contribution >= 4 is 29.1 Å². The number of fused-ring (bicyclic) bond motifs is 5. The SMILES string of the molecule is CC(C)c1cc(C(=O)NN2C(=O)[C@@H]3[C@H](C2=O)[C@H]2CC[C@@H]3O2)cs1. The van der Waals surface area contributed by atoms with Gasteiger partial charge in [-0.15, -0.1) is 11.3 Å². The second-order valence-corrected chi connectivity index (χ2v) is 7.63. The Morgan fingerprint density at radius 2 is 1.87 bits per heavy atom. The fraction of sp³-hybridized carbons (Fsp3) is 0.562. The maximum Gasteiger partial charge on any atom is 0.271 e. The van der Waals surface area contributed by atoms with Gasteiger partial charge in [0.25, 0.3) is 17.7 Å². The zero-order valence-electron chi connectivity index (χ0n) is 12.9. The molecule has 0 saturated carbocycles. The third-order valence-electron chi connectivity index (χ3n) is 4.95. The lowest BCUT2D eigenvalue weighted by Crippen LogP contribution is -2.47. The Balaban J connectivity index is 1.51. The summed E-state index contributed by atoms with van der Waals surface area (Å²) >= 11 is 1.50. The van der Waals surface area contributed by atoms with Gasteiger partial charge in [-0.1, -0.05) is 13.8 Å². The van der Waals surface area contributed by atoms with E-state index >= 15 is 0 Å². The Hall–Kier alpha value is -1.73. The summed E-state index contributed by atoms with van der Waals surface area (Å²) in [5.41, 5.74) is 2.97. The average molecular weight is 334 g/mol. The molecule has 3 amide bonds. The van der Waals surface area contributed by atoms with Crippen LogP contribution in [0.2, 0.25) is 0 Å². The number of rotatable bonds is 3. The Labute approximate surface area is 137 Å². The van der Waals surface area contributed by atoms with Crippen LogP contribution in [0.4, 0.5) is 0 Å². The molecule has 6 nitrogen and oxygen atoms in total. The monoisotopic (exact) mass is 334 g/mol. The topological polar surface area (TPSA) is 75.7 Å². The van der Waals surface area contributed by atoms with Gasteiger partial charge < -0.3 is 4.74 Å². The number of amides is 3. The van der Waals surface area contributed by atoms with Crippen LogP contribution in [0, 0.1) is 11.8 Å². The third-order valence-corrected chi connectivity index (χ3v) is 6.18. The van der Waals surface area contributed by atoms with E-state index in [1.165, 1.54) is 11.3 Å². The molecule has 0 unspecified atom stereocenters. The molecule has 3 saturated heterocycles. The molecule has 4 heterocycles. The van der Waals surface area contributed by atoms with Crippen molar-refractivity contribution in [2.24, 2.45) is 11.8 Å². The molecular formula is C16H18N2O4S. The van der Waals surface area contributed by atoms with Crippen LogP contribution in [0.15, 0.2) is 11.4 Å². The molecule has 3 aliphatic rings. The average Bonchev–Trinajstić information content (AvgIpc) is 3.26. The number of hydrogen-bond acceptors (Lipinski definition) is 5. The zero-order valence-corrected chi connectivity index (χ0v) is 13.8. The van der Waals surface area contributed by atoms with E-state index in [4.69, 9.17) is 4.74 Å². The van der Waals surface area contributed by atoms with Gasteiger partial charge in [0.15, 0.2) is 0 Å². The first-order chi connectivity index (χ1) is 11.0. The summed E-state index contributed by atoms with van der Waals surface area (Å²) < 4.78 is 5.67. The number of hydrogen-bond donors (Lipinski definition) is 1. The first kappa shape index (κ1) is 14.8. The minimum Gasteiger partial charge on any atom is -0.373 e. The van der Waals surface area contributed by atoms with Crippen molar-refractivity contribution in [3.63, 3.8) is 0 Å². The first-order valence-corrected chi connectivity index (χ1v) is 8.78. The van der Waals surface area contributed by atoms with E-state index < -0.39 is 17.7 Å². The van der Waals surface area contributed by atoms with Gasteiger partial charge in [-0.3, -0.25) is 19.8 Å². The third kappa shape index (κ3) is 2.14. The highest BCUT2D eigenvalue weighted by atomic mass is 32.1. The van der Waals surface area contributed by atoms with Crippen molar-refractivity contribution < 1.29 is 19.1 Å². The fourth-order valence-electron chi connectivity index (χ4n) is 3.76. The number of thiophene rings is 1. The minimum absolute atomic E-state index is 0.169. The van der Waals surface area contributed by atoms with Gasteiger partial charge in [-0.2, -0.15) is 5.01 Å². The fourth-order valence-corrected chi connectivity index (χ4v) is 4.67. The Morgan fingerprint density at radius 1 is 1.26 bits per heavy atom. The first-order valence-electron chi connectivity index (χ1n) is 7.90. The smallest absolute Gasteiger partial charge is 0.271 e. The van der Waals surface area contributed by atoms with Crippen LogP contribution in [-0.2, 0) is 14.3 Å². The zero-order chi connectivity index (χ0) is 16.3. The van der Waals surface area contributed by atoms with E-state index in [0.717, 1.165) is 22.7 Å². The highest BCUT2D eigenvalue weighted by molar-refractivity contribution is 7.10. The van der Waals surface area contributed by atoms with Crippen molar-refractivity contribution in [2.45, 2.75) is 44.8 Å². The van der Waals surface area contributed by atoms with Crippen LogP contribution in [0.3, 0.4) is 0 Å². The maximum atomic E-state index is 12.5. The van der Waals surface area contributed by atoms with Gasteiger partial charge in [0.05, 0.1) is 29.6 Å². The molecule has 0 aliphatic carbocycles. The molecule has 0 radical (unpaired) electrons. The second-order valence-electron chi connectivity index (χ2n) is 6.69. The van der Waals surface area contributed by atoms with Gasteiger partial charge in [-0.05, 0) is 24.8 Å². The molecule has 0 spiro atoms. The largest absolute Gasteiger partial charge is 0.373 e. The van der Waals surface area contributed by atoms with E-state index in [0.29, 0.717) is 11.5 Å². The standard InChI is InChI=1S/C16H18N2O4S/c1-7(2)11-5-8(6-23-11)14(19)17-18-15(20)12-9-3-4-10(22-9)13(12)16(18)21/h5-7,9-10,12-13H,3-4H2,1-2H3,(H,17,19)/t9-,10+,12-,13+. The number of nitrogens with zero attached hydrogens (tertiary/aromatic N) is 1. The van der Waals surface area contributed by atoms with E-state index in [1.54, 1.807) is 5.38 Å². The molecule has 122 valence electrons. The number of ether oxygens (including phenoxy) is 1. The molecule has 4 rings (SSSR count). The summed E-state index contributed by atoms with van der Waals surface area (Å²) in [6, 6.07) is 1.81. The summed E-state index contributed by atoms with van der Waals surface area (Å²) in [5.74, 6) is -1.59. The Kier molecular flexibility index (Phi) is 3.32. The van der Waals surface area contributed by atoms with Crippen LogP contribution in [0.25, 0.3) is 0 Å². The molecule has 1 aromatic heterocycles. The molecule has 4 atom stereocenters. The van der Waals surface area contributed by atoms with Crippen molar-refractivity contribution in [1.82, 2.24) is 10.4 Å². The number of imide groups is 1. The summed E-state index contributed by atoms with van der Waals surface area (Å²) in [4.78, 5) is 38.4. The summed E-state index contributed by atoms with van der Waals surface area (Å²) in [6.45, 7) is 4.11. The number of hydrazine groups is 1. The number of carbonyl (C=O) groups excluding carboxylic acids is 3. The van der Waals surface area contributed by atoms with Crippen molar-refractivity contribution in [3.8, 4) is 0 Å². The highest BCUT2D eigenvalue weighted by Crippen LogP contribution is 2.48. The van der Waals surface area contributed by atoms with Crippen molar-refractivity contribution in [3.05, 3.63) is 21.9 Å². The summed E-state index contributed by atoms with van der Waals surface area (Å²) in [7, 11) is 0. The summed E-state index contributed by atoms with van der Waals surface area (Å²) in [5, 5.41) is 2.67. The van der Waals surface area contributed by atoms with Gasteiger partial charge in [0, 0.05) is 10.3 Å². The molecule has 1 N–H and O–H groups in total. The lowest BCUT2D eigenvalue weighted by molar-refractivity contribution is -0.145. The van der Waals surface area contributed by atoms with E-state index in [1.807, 2.05) is 6.07 Å². The normalized spacial score (nSPS) is 32.0. The van der Waals surface area contributed by atoms with E-state index in [9.17, 15) is 14.4 Å². The molecule has 2 bridgehead atoms. The van der Waals surface area contributed by atoms with E-state index in [-0.39, 0.29) is 24.0 Å². The lowest BCUT2D eigenvalue weighted by atomic mass is 9.81. The second kappa shape index (κ2) is 5.14. The van der Waals surface area contributed by atoms with Crippen LogP contribution >= 0.6 is 11.3 Å². The van der Waals surface area contributed by atoms with Crippen molar-refractivity contribution in [1.29, 1.82) is 0 Å². The van der Waals surface area contributed by atoms with Gasteiger partial charge in [-0.25, -0.2) is 0 Å². The molecular weight excluding hydrogens is 316 g/mol. The highest BCUT2D eigenvalue weighted by Gasteiger charge is 2.62. The van der Waals surface area contributed by atoms with Crippen LogP contribution in [0.1, 0.15) is 47.8 Å². The van der Waals surface area contributed by atoms with Gasteiger partial charge >= 0.3 is 0 Å². The quantitative estimate of drug-likeness (QED) is 0.853. The van der Waals surface area contributed by atoms with Crippen molar-refractivity contribution in [2.75, 3.05) is 0 Å². The predicted molar refractivity (Wildman–Crippen MR) is 82.6 cm³/mol. The predicted octanol–water partition coefficient (Wildman–Crippen LogP) is 1.68. The van der Waals surface area contributed by atoms with Crippen LogP contribution in [0.5, 0.6) is 0 Å². The number of nitrogens with one attached hydrogen (secondary N) is 1.